The van der Waals surface area contributed by atoms with Crippen molar-refractivity contribution >= 4 is 21.5 Å². The van der Waals surface area contributed by atoms with Gasteiger partial charge in [-0.25, -0.2) is 13.4 Å². The monoisotopic (exact) mass is 433 g/mol. The van der Waals surface area contributed by atoms with Crippen LogP contribution in [0.15, 0.2) is 35.4 Å². The molecule has 0 saturated carbocycles. The fraction of sp³-hybridized carbons (Fsp3) is 0.444. The summed E-state index contributed by atoms with van der Waals surface area (Å²) in [7, 11) is -3.38. The maximum atomic E-state index is 13.2. The minimum Gasteiger partial charge on any atom is -0.471 e. The Labute approximate surface area is 166 Å². The van der Waals surface area contributed by atoms with Crippen LogP contribution in [0.2, 0.25) is 0 Å². The number of nitrogens with zero attached hydrogens (tertiary/aromatic N) is 2. The number of aliphatic hydroxyl groups excluding tert-OH is 1. The smallest absolute Gasteiger partial charge is 0.423 e. The second kappa shape index (κ2) is 8.95. The van der Waals surface area contributed by atoms with Crippen molar-refractivity contribution in [3.05, 3.63) is 36.0 Å². The molecule has 0 aliphatic carbocycles. The summed E-state index contributed by atoms with van der Waals surface area (Å²) in [5.41, 5.74) is -0.786. The van der Waals surface area contributed by atoms with Crippen molar-refractivity contribution in [1.82, 2.24) is 9.97 Å². The van der Waals surface area contributed by atoms with E-state index in [1.54, 1.807) is 6.92 Å². The standard InChI is InChI=1S/C18H22F3N3O4S/c1-4-9-29(26,27)14-7-5-13(6-8-14)23-17-22-10-15(18(19,20)21)16(24-17)28-12(3)11(2)25/h5-8,10-12,25H,4,9H2,1-3H3,(H,22,23,24)/t11-,12-/m1/s1. The van der Waals surface area contributed by atoms with E-state index < -0.39 is 39.7 Å². The highest BCUT2D eigenvalue weighted by molar-refractivity contribution is 7.91. The normalized spacial score (nSPS) is 14.3. The molecule has 0 radical (unpaired) electrons. The van der Waals surface area contributed by atoms with Gasteiger partial charge >= 0.3 is 6.18 Å². The van der Waals surface area contributed by atoms with Gasteiger partial charge in [0.1, 0.15) is 11.7 Å². The zero-order valence-corrected chi connectivity index (χ0v) is 16.9. The molecular weight excluding hydrogens is 411 g/mol. The number of sulfone groups is 1. The average Bonchev–Trinajstić information content (AvgIpc) is 2.61. The van der Waals surface area contributed by atoms with E-state index >= 15 is 0 Å². The predicted molar refractivity (Wildman–Crippen MR) is 101 cm³/mol. The first-order valence-electron chi connectivity index (χ1n) is 8.83. The number of hydrogen-bond acceptors (Lipinski definition) is 7. The molecular formula is C18H22F3N3O4S. The lowest BCUT2D eigenvalue weighted by molar-refractivity contribution is -0.140. The lowest BCUT2D eigenvalue weighted by Gasteiger charge is -2.20. The number of ether oxygens (including phenoxy) is 1. The third-order valence-corrected chi connectivity index (χ3v) is 5.91. The van der Waals surface area contributed by atoms with Gasteiger partial charge in [-0.2, -0.15) is 18.2 Å². The van der Waals surface area contributed by atoms with Crippen LogP contribution in [-0.4, -0.2) is 41.5 Å². The number of rotatable bonds is 8. The second-order valence-electron chi connectivity index (χ2n) is 6.44. The molecule has 1 heterocycles. The molecule has 0 fully saturated rings. The van der Waals surface area contributed by atoms with Crippen LogP contribution in [0.3, 0.4) is 0 Å². The van der Waals surface area contributed by atoms with Crippen molar-refractivity contribution in [1.29, 1.82) is 0 Å². The number of aromatic nitrogens is 2. The molecule has 0 saturated heterocycles. The van der Waals surface area contributed by atoms with E-state index in [2.05, 4.69) is 15.3 Å². The topological polar surface area (TPSA) is 101 Å². The van der Waals surface area contributed by atoms with Gasteiger partial charge in [0.2, 0.25) is 11.8 Å². The molecule has 2 rings (SSSR count). The fourth-order valence-corrected chi connectivity index (χ4v) is 3.57. The molecule has 0 unspecified atom stereocenters. The first kappa shape index (κ1) is 22.9. The van der Waals surface area contributed by atoms with Crippen LogP contribution in [0.25, 0.3) is 0 Å². The summed E-state index contributed by atoms with van der Waals surface area (Å²) in [5, 5.41) is 12.2. The van der Waals surface area contributed by atoms with Gasteiger partial charge in [-0.3, -0.25) is 0 Å². The predicted octanol–water partition coefficient (Wildman–Crippen LogP) is 3.57. The van der Waals surface area contributed by atoms with Gasteiger partial charge in [0, 0.05) is 11.9 Å². The molecule has 11 heteroatoms. The lowest BCUT2D eigenvalue weighted by Crippen LogP contribution is -2.27. The maximum absolute atomic E-state index is 13.2. The molecule has 2 atom stereocenters. The number of alkyl halides is 3. The Morgan fingerprint density at radius 1 is 1.21 bits per heavy atom. The molecule has 0 bridgehead atoms. The summed E-state index contributed by atoms with van der Waals surface area (Å²) in [6.07, 6.45) is -5.61. The largest absolute Gasteiger partial charge is 0.471 e. The summed E-state index contributed by atoms with van der Waals surface area (Å²) in [6, 6.07) is 5.71. The highest BCUT2D eigenvalue weighted by atomic mass is 32.2. The van der Waals surface area contributed by atoms with Crippen molar-refractivity contribution in [2.24, 2.45) is 0 Å². The van der Waals surface area contributed by atoms with E-state index in [1.165, 1.54) is 38.1 Å². The van der Waals surface area contributed by atoms with Gasteiger partial charge in [0.15, 0.2) is 9.84 Å². The molecule has 160 valence electrons. The van der Waals surface area contributed by atoms with E-state index in [9.17, 15) is 26.7 Å². The first-order valence-corrected chi connectivity index (χ1v) is 10.5. The first-order chi connectivity index (χ1) is 13.4. The van der Waals surface area contributed by atoms with E-state index in [0.29, 0.717) is 18.3 Å². The SMILES string of the molecule is CCCS(=O)(=O)c1ccc(Nc2ncc(C(F)(F)F)c(O[C@H](C)[C@@H](C)O)n2)cc1. The third kappa shape index (κ3) is 6.04. The summed E-state index contributed by atoms with van der Waals surface area (Å²) < 4.78 is 68.8. The number of aliphatic hydroxyl groups is 1. The molecule has 7 nitrogen and oxygen atoms in total. The van der Waals surface area contributed by atoms with Gasteiger partial charge in [-0.05, 0) is 44.5 Å². The zero-order chi connectivity index (χ0) is 21.8. The van der Waals surface area contributed by atoms with Gasteiger partial charge in [-0.15, -0.1) is 0 Å². The minimum atomic E-state index is -4.73. The lowest BCUT2D eigenvalue weighted by atomic mass is 10.2. The van der Waals surface area contributed by atoms with E-state index in [1.807, 2.05) is 0 Å². The highest BCUT2D eigenvalue weighted by Gasteiger charge is 2.37. The van der Waals surface area contributed by atoms with Crippen LogP contribution in [-0.2, 0) is 16.0 Å². The molecule has 0 spiro atoms. The Morgan fingerprint density at radius 2 is 1.83 bits per heavy atom. The number of nitrogens with one attached hydrogen (secondary N) is 1. The minimum absolute atomic E-state index is 0.0178. The zero-order valence-electron chi connectivity index (χ0n) is 16.1. The molecule has 2 aromatic rings. The second-order valence-corrected chi connectivity index (χ2v) is 8.55. The third-order valence-electron chi connectivity index (χ3n) is 3.98. The number of benzene rings is 1. The molecule has 0 amide bonds. The van der Waals surface area contributed by atoms with Crippen LogP contribution in [0.4, 0.5) is 24.8 Å². The summed E-state index contributed by atoms with van der Waals surface area (Å²) >= 11 is 0. The average molecular weight is 433 g/mol. The molecule has 1 aromatic carbocycles. The van der Waals surface area contributed by atoms with Crippen LogP contribution in [0.5, 0.6) is 5.88 Å². The summed E-state index contributed by atoms with van der Waals surface area (Å²) in [5.74, 6) is -0.871. The van der Waals surface area contributed by atoms with E-state index in [-0.39, 0.29) is 16.6 Å². The fourth-order valence-electron chi connectivity index (χ4n) is 2.25. The summed E-state index contributed by atoms with van der Waals surface area (Å²) in [4.78, 5) is 7.56. The Kier molecular flexibility index (Phi) is 7.06. The van der Waals surface area contributed by atoms with Crippen molar-refractivity contribution in [2.75, 3.05) is 11.1 Å². The van der Waals surface area contributed by atoms with Crippen molar-refractivity contribution in [3.8, 4) is 5.88 Å². The van der Waals surface area contributed by atoms with Crippen molar-refractivity contribution in [2.45, 2.75) is 50.5 Å². The van der Waals surface area contributed by atoms with Gasteiger partial charge in [0.25, 0.3) is 0 Å². The number of hydrogen-bond donors (Lipinski definition) is 2. The quantitative estimate of drug-likeness (QED) is 0.656. The Morgan fingerprint density at radius 3 is 2.34 bits per heavy atom. The molecule has 1 aromatic heterocycles. The number of anilines is 2. The van der Waals surface area contributed by atoms with Crippen molar-refractivity contribution in [3.63, 3.8) is 0 Å². The van der Waals surface area contributed by atoms with Crippen LogP contribution < -0.4 is 10.1 Å². The van der Waals surface area contributed by atoms with Crippen LogP contribution >= 0.6 is 0 Å². The van der Waals surface area contributed by atoms with Crippen molar-refractivity contribution < 1.29 is 31.4 Å². The molecule has 0 aliphatic rings. The van der Waals surface area contributed by atoms with Gasteiger partial charge in [0.05, 0.1) is 16.8 Å². The van der Waals surface area contributed by atoms with E-state index in [0.717, 1.165) is 0 Å². The van der Waals surface area contributed by atoms with E-state index in [4.69, 9.17) is 4.74 Å². The maximum Gasteiger partial charge on any atom is 0.423 e. The Hall–Kier alpha value is -2.40. The number of halogens is 3. The Balaban J connectivity index is 2.29. The van der Waals surface area contributed by atoms with Crippen LogP contribution in [0, 0.1) is 0 Å². The molecule has 29 heavy (non-hydrogen) atoms. The summed E-state index contributed by atoms with van der Waals surface area (Å²) in [6.45, 7) is 4.55. The van der Waals surface area contributed by atoms with Gasteiger partial charge < -0.3 is 15.2 Å². The Bertz CT molecular complexity index is 932. The van der Waals surface area contributed by atoms with Crippen LogP contribution in [0.1, 0.15) is 32.8 Å². The molecule has 2 N–H and O–H groups in total. The van der Waals surface area contributed by atoms with Gasteiger partial charge in [-0.1, -0.05) is 6.92 Å². The molecule has 0 aliphatic heterocycles. The highest BCUT2D eigenvalue weighted by Crippen LogP contribution is 2.36.